The van der Waals surface area contributed by atoms with Crippen molar-refractivity contribution in [3.63, 3.8) is 0 Å². The van der Waals surface area contributed by atoms with Crippen molar-refractivity contribution in [2.24, 2.45) is 5.73 Å². The SMILES string of the molecule is CC.CC(C)(C)c1cccc(CN)c1O. The topological polar surface area (TPSA) is 46.2 Å². The number of nitrogens with two attached hydrogens (primary N) is 1. The van der Waals surface area contributed by atoms with Gasteiger partial charge in [-0.3, -0.25) is 0 Å². The molecular formula is C13H23NO. The summed E-state index contributed by atoms with van der Waals surface area (Å²) in [5.41, 5.74) is 7.24. The monoisotopic (exact) mass is 209 g/mol. The number of phenols is 1. The van der Waals surface area contributed by atoms with Gasteiger partial charge in [0.2, 0.25) is 0 Å². The first-order valence-electron chi connectivity index (χ1n) is 5.48. The van der Waals surface area contributed by atoms with Crippen LogP contribution in [0.1, 0.15) is 45.7 Å². The van der Waals surface area contributed by atoms with Gasteiger partial charge in [0, 0.05) is 12.1 Å². The Labute approximate surface area is 93.1 Å². The number of para-hydroxylation sites is 1. The van der Waals surface area contributed by atoms with Gasteiger partial charge in [-0.2, -0.15) is 0 Å². The van der Waals surface area contributed by atoms with Crippen molar-refractivity contribution in [3.05, 3.63) is 29.3 Å². The normalized spacial score (nSPS) is 10.5. The summed E-state index contributed by atoms with van der Waals surface area (Å²) in [6, 6.07) is 5.72. The van der Waals surface area contributed by atoms with Gasteiger partial charge < -0.3 is 10.8 Å². The molecule has 0 bridgehead atoms. The minimum Gasteiger partial charge on any atom is -0.507 e. The predicted molar refractivity (Wildman–Crippen MR) is 66.0 cm³/mol. The maximum atomic E-state index is 9.84. The molecule has 0 atom stereocenters. The van der Waals surface area contributed by atoms with Crippen LogP contribution in [0, 0.1) is 0 Å². The van der Waals surface area contributed by atoms with Gasteiger partial charge in [0.15, 0.2) is 0 Å². The molecule has 0 aliphatic carbocycles. The molecule has 1 aromatic rings. The largest absolute Gasteiger partial charge is 0.507 e. The third-order valence-electron chi connectivity index (χ3n) is 2.15. The third-order valence-corrected chi connectivity index (χ3v) is 2.15. The summed E-state index contributed by atoms with van der Waals surface area (Å²) in [5, 5.41) is 9.84. The quantitative estimate of drug-likeness (QED) is 0.746. The van der Waals surface area contributed by atoms with Crippen molar-refractivity contribution in [2.45, 2.75) is 46.6 Å². The number of hydrogen-bond acceptors (Lipinski definition) is 2. The molecule has 0 saturated heterocycles. The van der Waals surface area contributed by atoms with Crippen LogP contribution in [0.3, 0.4) is 0 Å². The minimum atomic E-state index is -0.0325. The van der Waals surface area contributed by atoms with Crippen LogP contribution in [0.15, 0.2) is 18.2 Å². The zero-order chi connectivity index (χ0) is 12.1. The van der Waals surface area contributed by atoms with Gasteiger partial charge in [0.05, 0.1) is 0 Å². The highest BCUT2D eigenvalue weighted by molar-refractivity contribution is 5.43. The standard InChI is InChI=1S/C11H17NO.C2H6/c1-11(2,3)9-6-4-5-8(7-12)10(9)13;1-2/h4-6,13H,7,12H2,1-3H3;1-2H3. The fraction of sp³-hybridized carbons (Fsp3) is 0.538. The van der Waals surface area contributed by atoms with E-state index in [9.17, 15) is 5.11 Å². The van der Waals surface area contributed by atoms with Crippen LogP contribution in [0.4, 0.5) is 0 Å². The number of phenolic OH excluding ortho intramolecular Hbond substituents is 1. The Morgan fingerprint density at radius 1 is 1.20 bits per heavy atom. The molecule has 0 spiro atoms. The molecule has 0 amide bonds. The summed E-state index contributed by atoms with van der Waals surface area (Å²) in [6.07, 6.45) is 0. The fourth-order valence-electron chi connectivity index (χ4n) is 1.36. The zero-order valence-electron chi connectivity index (χ0n) is 10.5. The summed E-state index contributed by atoms with van der Waals surface area (Å²) in [7, 11) is 0. The lowest BCUT2D eigenvalue weighted by Crippen LogP contribution is -2.12. The Bertz CT molecular complexity index is 300. The molecule has 1 rings (SSSR count). The van der Waals surface area contributed by atoms with E-state index in [0.29, 0.717) is 12.3 Å². The second kappa shape index (κ2) is 5.76. The Morgan fingerprint density at radius 2 is 1.73 bits per heavy atom. The number of hydrogen-bond donors (Lipinski definition) is 2. The fourth-order valence-corrected chi connectivity index (χ4v) is 1.36. The highest BCUT2D eigenvalue weighted by Crippen LogP contribution is 2.32. The molecule has 86 valence electrons. The second-order valence-electron chi connectivity index (χ2n) is 4.27. The van der Waals surface area contributed by atoms with E-state index in [2.05, 4.69) is 20.8 Å². The molecule has 15 heavy (non-hydrogen) atoms. The molecule has 0 aromatic heterocycles. The van der Waals surface area contributed by atoms with Gasteiger partial charge >= 0.3 is 0 Å². The second-order valence-corrected chi connectivity index (χ2v) is 4.27. The van der Waals surface area contributed by atoms with E-state index in [-0.39, 0.29) is 5.41 Å². The molecule has 0 aliphatic rings. The summed E-state index contributed by atoms with van der Waals surface area (Å²) >= 11 is 0. The lowest BCUT2D eigenvalue weighted by atomic mass is 9.85. The Morgan fingerprint density at radius 3 is 2.13 bits per heavy atom. The number of benzene rings is 1. The van der Waals surface area contributed by atoms with Crippen molar-refractivity contribution < 1.29 is 5.11 Å². The molecular weight excluding hydrogens is 186 g/mol. The summed E-state index contributed by atoms with van der Waals surface area (Å²) in [6.45, 7) is 10.6. The molecule has 0 aliphatic heterocycles. The first-order valence-corrected chi connectivity index (χ1v) is 5.48. The molecule has 0 radical (unpaired) electrons. The van der Waals surface area contributed by atoms with E-state index in [1.165, 1.54) is 0 Å². The molecule has 0 heterocycles. The van der Waals surface area contributed by atoms with E-state index in [4.69, 9.17) is 5.73 Å². The minimum absolute atomic E-state index is 0.0325. The van der Waals surface area contributed by atoms with Crippen LogP contribution in [0.5, 0.6) is 5.75 Å². The van der Waals surface area contributed by atoms with Crippen LogP contribution in [-0.2, 0) is 12.0 Å². The molecule has 2 nitrogen and oxygen atoms in total. The predicted octanol–water partition coefficient (Wildman–Crippen LogP) is 3.17. The van der Waals surface area contributed by atoms with Gasteiger partial charge in [-0.1, -0.05) is 52.8 Å². The lowest BCUT2D eigenvalue weighted by Gasteiger charge is -2.21. The first kappa shape index (κ1) is 14.0. The van der Waals surface area contributed by atoms with Crippen LogP contribution < -0.4 is 5.73 Å². The van der Waals surface area contributed by atoms with Crippen LogP contribution in [-0.4, -0.2) is 5.11 Å². The highest BCUT2D eigenvalue weighted by atomic mass is 16.3. The van der Waals surface area contributed by atoms with Gasteiger partial charge in [0.1, 0.15) is 5.75 Å². The van der Waals surface area contributed by atoms with Gasteiger partial charge in [-0.25, -0.2) is 0 Å². The van der Waals surface area contributed by atoms with Gasteiger partial charge in [-0.05, 0) is 11.0 Å². The molecule has 3 N–H and O–H groups in total. The van der Waals surface area contributed by atoms with Crippen molar-refractivity contribution >= 4 is 0 Å². The third kappa shape index (κ3) is 3.56. The van der Waals surface area contributed by atoms with Crippen LogP contribution in [0.25, 0.3) is 0 Å². The average Bonchev–Trinajstić information content (AvgIpc) is 2.19. The van der Waals surface area contributed by atoms with E-state index < -0.39 is 0 Å². The summed E-state index contributed by atoms with van der Waals surface area (Å²) < 4.78 is 0. The number of rotatable bonds is 1. The maximum Gasteiger partial charge on any atom is 0.123 e. The first-order chi connectivity index (χ1) is 6.96. The molecule has 2 heteroatoms. The zero-order valence-corrected chi connectivity index (χ0v) is 10.5. The molecule has 0 fully saturated rings. The van der Waals surface area contributed by atoms with Crippen molar-refractivity contribution in [1.82, 2.24) is 0 Å². The molecule has 0 saturated carbocycles. The molecule has 1 aromatic carbocycles. The maximum absolute atomic E-state index is 9.84. The highest BCUT2D eigenvalue weighted by Gasteiger charge is 2.18. The van der Waals surface area contributed by atoms with Crippen LogP contribution >= 0.6 is 0 Å². The van der Waals surface area contributed by atoms with E-state index in [1.807, 2.05) is 32.0 Å². The lowest BCUT2D eigenvalue weighted by molar-refractivity contribution is 0.440. The number of aromatic hydroxyl groups is 1. The Hall–Kier alpha value is -1.02. The van der Waals surface area contributed by atoms with Crippen molar-refractivity contribution in [2.75, 3.05) is 0 Å². The van der Waals surface area contributed by atoms with E-state index in [1.54, 1.807) is 0 Å². The Kier molecular flexibility index (Phi) is 5.37. The Balaban J connectivity index is 0.000000921. The smallest absolute Gasteiger partial charge is 0.123 e. The average molecular weight is 209 g/mol. The van der Waals surface area contributed by atoms with E-state index >= 15 is 0 Å². The van der Waals surface area contributed by atoms with E-state index in [0.717, 1.165) is 11.1 Å². The summed E-state index contributed by atoms with van der Waals surface area (Å²) in [4.78, 5) is 0. The van der Waals surface area contributed by atoms with Crippen molar-refractivity contribution in [1.29, 1.82) is 0 Å². The van der Waals surface area contributed by atoms with Gasteiger partial charge in [-0.15, -0.1) is 0 Å². The van der Waals surface area contributed by atoms with Gasteiger partial charge in [0.25, 0.3) is 0 Å². The van der Waals surface area contributed by atoms with Crippen molar-refractivity contribution in [3.8, 4) is 5.75 Å². The van der Waals surface area contributed by atoms with Crippen LogP contribution in [0.2, 0.25) is 0 Å². The molecule has 0 unspecified atom stereocenters. The summed E-state index contributed by atoms with van der Waals surface area (Å²) in [5.74, 6) is 0.345.